The summed E-state index contributed by atoms with van der Waals surface area (Å²) in [7, 11) is 2.02. The zero-order chi connectivity index (χ0) is 22.1. The van der Waals surface area contributed by atoms with Crippen LogP contribution in [0.25, 0.3) is 28.5 Å². The number of hydrogen-bond donors (Lipinski definition) is 0. The van der Waals surface area contributed by atoms with Gasteiger partial charge in [-0.2, -0.15) is 5.10 Å². The molecule has 3 heterocycles. The maximum absolute atomic E-state index is 6.08. The van der Waals surface area contributed by atoms with Gasteiger partial charge in [-0.05, 0) is 55.5 Å². The molecular formula is C24H19ClN6S. The summed E-state index contributed by atoms with van der Waals surface area (Å²) in [6, 6.07) is 21.8. The monoisotopic (exact) mass is 458 g/mol. The molecule has 0 unspecified atom stereocenters. The number of benzene rings is 2. The van der Waals surface area contributed by atoms with Crippen LogP contribution in [0, 0.1) is 6.92 Å². The number of aryl methyl sites for hydroxylation is 1. The van der Waals surface area contributed by atoms with Crippen molar-refractivity contribution in [3.8, 4) is 28.5 Å². The summed E-state index contributed by atoms with van der Waals surface area (Å²) >= 11 is 7.73. The van der Waals surface area contributed by atoms with Gasteiger partial charge < -0.3 is 4.57 Å². The third-order valence-corrected chi connectivity index (χ3v) is 6.40. The second-order valence-corrected chi connectivity index (χ2v) is 8.70. The van der Waals surface area contributed by atoms with Crippen LogP contribution in [0.1, 0.15) is 5.82 Å². The standard InChI is InChI=1S/C24H19ClN6S/c1-16-27-15-31(29-16)19-10-6-17(7-11-19)22-24(32-20-12-8-18(25)9-13-20)30(2)23(28-22)21-5-3-4-14-26-21/h3-15H,1-2H3. The average Bonchev–Trinajstić information content (AvgIpc) is 3.40. The van der Waals surface area contributed by atoms with Gasteiger partial charge in [0.05, 0.1) is 5.69 Å². The van der Waals surface area contributed by atoms with Crippen molar-refractivity contribution in [2.45, 2.75) is 16.8 Å². The van der Waals surface area contributed by atoms with Crippen LogP contribution in [-0.4, -0.2) is 29.3 Å². The molecule has 0 aliphatic carbocycles. The van der Waals surface area contributed by atoms with Crippen LogP contribution >= 0.6 is 23.4 Å². The van der Waals surface area contributed by atoms with E-state index in [1.807, 2.05) is 68.6 Å². The molecule has 3 aromatic heterocycles. The SMILES string of the molecule is Cc1ncn(-c2ccc(-c3nc(-c4ccccn4)n(C)c3Sc3ccc(Cl)cc3)cc2)n1. The lowest BCUT2D eigenvalue weighted by Crippen LogP contribution is -1.96. The summed E-state index contributed by atoms with van der Waals surface area (Å²) in [6.07, 6.45) is 3.50. The summed E-state index contributed by atoms with van der Waals surface area (Å²) in [5.74, 6) is 1.55. The van der Waals surface area contributed by atoms with Crippen LogP contribution < -0.4 is 0 Å². The van der Waals surface area contributed by atoms with Crippen LogP contribution in [0.5, 0.6) is 0 Å². The smallest absolute Gasteiger partial charge is 0.159 e. The minimum Gasteiger partial charge on any atom is -0.320 e. The van der Waals surface area contributed by atoms with E-state index in [1.54, 1.807) is 29.0 Å². The molecule has 0 N–H and O–H groups in total. The van der Waals surface area contributed by atoms with E-state index in [0.717, 1.165) is 44.2 Å². The highest BCUT2D eigenvalue weighted by Crippen LogP contribution is 2.38. The van der Waals surface area contributed by atoms with Gasteiger partial charge in [-0.1, -0.05) is 41.6 Å². The molecule has 0 radical (unpaired) electrons. The topological polar surface area (TPSA) is 61.4 Å². The number of rotatable bonds is 5. The fourth-order valence-electron chi connectivity index (χ4n) is 3.37. The van der Waals surface area contributed by atoms with Crippen LogP contribution in [0.15, 0.2) is 89.2 Å². The molecule has 6 nitrogen and oxygen atoms in total. The fourth-order valence-corrected chi connectivity index (χ4v) is 4.47. The Morgan fingerprint density at radius 3 is 2.34 bits per heavy atom. The molecular weight excluding hydrogens is 440 g/mol. The highest BCUT2D eigenvalue weighted by molar-refractivity contribution is 7.99. The predicted molar refractivity (Wildman–Crippen MR) is 127 cm³/mol. The Labute approximate surface area is 195 Å². The molecule has 0 bridgehead atoms. The van der Waals surface area contributed by atoms with E-state index in [4.69, 9.17) is 16.6 Å². The second-order valence-electron chi connectivity index (χ2n) is 7.20. The van der Waals surface area contributed by atoms with E-state index < -0.39 is 0 Å². The van der Waals surface area contributed by atoms with Gasteiger partial charge in [0.2, 0.25) is 0 Å². The van der Waals surface area contributed by atoms with Crippen molar-refractivity contribution in [2.75, 3.05) is 0 Å². The van der Waals surface area contributed by atoms with Gasteiger partial charge in [-0.15, -0.1) is 0 Å². The molecule has 5 aromatic rings. The number of aromatic nitrogens is 6. The van der Waals surface area contributed by atoms with Crippen LogP contribution in [-0.2, 0) is 7.05 Å². The lowest BCUT2D eigenvalue weighted by molar-refractivity contribution is 0.831. The Kier molecular flexibility index (Phi) is 5.51. The lowest BCUT2D eigenvalue weighted by Gasteiger charge is -2.08. The van der Waals surface area contributed by atoms with Crippen LogP contribution in [0.2, 0.25) is 5.02 Å². The van der Waals surface area contributed by atoms with Gasteiger partial charge in [0.15, 0.2) is 5.82 Å². The number of imidazole rings is 1. The summed E-state index contributed by atoms with van der Waals surface area (Å²) in [6.45, 7) is 1.87. The van der Waals surface area contributed by atoms with Crippen molar-refractivity contribution >= 4 is 23.4 Å². The molecule has 0 spiro atoms. The average molecular weight is 459 g/mol. The molecule has 0 saturated heterocycles. The minimum absolute atomic E-state index is 0.715. The first kappa shape index (κ1) is 20.5. The van der Waals surface area contributed by atoms with E-state index in [2.05, 4.69) is 31.8 Å². The highest BCUT2D eigenvalue weighted by Gasteiger charge is 2.19. The maximum atomic E-state index is 6.08. The first-order valence-electron chi connectivity index (χ1n) is 9.99. The van der Waals surface area contributed by atoms with Gasteiger partial charge in [0.1, 0.15) is 28.6 Å². The zero-order valence-corrected chi connectivity index (χ0v) is 19.0. The molecule has 0 saturated carbocycles. The van der Waals surface area contributed by atoms with Crippen LogP contribution in [0.4, 0.5) is 0 Å². The molecule has 0 atom stereocenters. The molecule has 0 amide bonds. The van der Waals surface area contributed by atoms with Crippen molar-refractivity contribution in [3.05, 3.63) is 90.1 Å². The second kappa shape index (κ2) is 8.61. The van der Waals surface area contributed by atoms with E-state index in [0.29, 0.717) is 5.02 Å². The molecule has 5 rings (SSSR count). The Morgan fingerprint density at radius 2 is 1.69 bits per heavy atom. The van der Waals surface area contributed by atoms with E-state index in [1.165, 1.54) is 0 Å². The third-order valence-electron chi connectivity index (χ3n) is 4.98. The molecule has 0 aliphatic rings. The first-order valence-corrected chi connectivity index (χ1v) is 11.2. The highest BCUT2D eigenvalue weighted by atomic mass is 35.5. The van der Waals surface area contributed by atoms with Gasteiger partial charge in [0, 0.05) is 28.7 Å². The van der Waals surface area contributed by atoms with E-state index in [-0.39, 0.29) is 0 Å². The van der Waals surface area contributed by atoms with E-state index >= 15 is 0 Å². The Morgan fingerprint density at radius 1 is 0.906 bits per heavy atom. The van der Waals surface area contributed by atoms with Crippen molar-refractivity contribution in [3.63, 3.8) is 0 Å². The Bertz CT molecular complexity index is 1360. The molecule has 8 heteroatoms. The van der Waals surface area contributed by atoms with Crippen LogP contribution in [0.3, 0.4) is 0 Å². The number of halogens is 1. The van der Waals surface area contributed by atoms with Gasteiger partial charge >= 0.3 is 0 Å². The van der Waals surface area contributed by atoms with Crippen molar-refractivity contribution in [1.82, 2.24) is 29.3 Å². The van der Waals surface area contributed by atoms with Crippen molar-refractivity contribution in [1.29, 1.82) is 0 Å². The molecule has 0 fully saturated rings. The third kappa shape index (κ3) is 4.04. The first-order chi connectivity index (χ1) is 15.6. The van der Waals surface area contributed by atoms with E-state index in [9.17, 15) is 0 Å². The predicted octanol–water partition coefficient (Wildman–Crippen LogP) is 5.84. The zero-order valence-electron chi connectivity index (χ0n) is 17.5. The lowest BCUT2D eigenvalue weighted by atomic mass is 10.1. The summed E-state index contributed by atoms with van der Waals surface area (Å²) in [4.78, 5) is 14.8. The Hall–Kier alpha value is -3.42. The van der Waals surface area contributed by atoms with Gasteiger partial charge in [0.25, 0.3) is 0 Å². The summed E-state index contributed by atoms with van der Waals surface area (Å²) in [5.41, 5.74) is 3.69. The molecule has 0 aliphatic heterocycles. The number of nitrogens with zero attached hydrogens (tertiary/aromatic N) is 6. The summed E-state index contributed by atoms with van der Waals surface area (Å²) in [5, 5.41) is 6.13. The van der Waals surface area contributed by atoms with Gasteiger partial charge in [-0.3, -0.25) is 4.98 Å². The Balaban J connectivity index is 1.59. The summed E-state index contributed by atoms with van der Waals surface area (Å²) < 4.78 is 3.85. The molecule has 32 heavy (non-hydrogen) atoms. The quantitative estimate of drug-likeness (QED) is 0.331. The number of pyridine rings is 1. The molecule has 2 aromatic carbocycles. The van der Waals surface area contributed by atoms with Crippen molar-refractivity contribution < 1.29 is 0 Å². The number of hydrogen-bond acceptors (Lipinski definition) is 5. The van der Waals surface area contributed by atoms with Crippen molar-refractivity contribution in [2.24, 2.45) is 7.05 Å². The fraction of sp³-hybridized carbons (Fsp3) is 0.0833. The normalized spacial score (nSPS) is 11.1. The maximum Gasteiger partial charge on any atom is 0.159 e. The largest absolute Gasteiger partial charge is 0.320 e. The van der Waals surface area contributed by atoms with Gasteiger partial charge in [-0.25, -0.2) is 14.6 Å². The minimum atomic E-state index is 0.715. The molecule has 158 valence electrons.